The van der Waals surface area contributed by atoms with Gasteiger partial charge in [-0.05, 0) is 25.7 Å². The molecule has 6 heteroatoms. The molecule has 1 saturated heterocycles. The molecule has 0 radical (unpaired) electrons. The first-order valence-corrected chi connectivity index (χ1v) is 10.6. The largest absolute Gasteiger partial charge is 0.395 e. The summed E-state index contributed by atoms with van der Waals surface area (Å²) in [4.78, 5) is 0. The van der Waals surface area contributed by atoms with Crippen molar-refractivity contribution >= 4 is 0 Å². The molecule has 0 bridgehead atoms. The number of hydrogen-bond donors (Lipinski definition) is 6. The second-order valence-corrected chi connectivity index (χ2v) is 8.10. The van der Waals surface area contributed by atoms with Crippen molar-refractivity contribution in [2.75, 3.05) is 39.3 Å². The minimum atomic E-state index is 0.148. The topological polar surface area (TPSA) is 80.4 Å². The number of hydrogen-bond acceptors (Lipinski definition) is 6. The molecule has 5 atom stereocenters. The number of rotatable bonds is 1. The van der Waals surface area contributed by atoms with Crippen LogP contribution in [0.3, 0.4) is 0 Å². The molecule has 2 unspecified atom stereocenters. The molecule has 0 aromatic rings. The van der Waals surface area contributed by atoms with Gasteiger partial charge in [-0.3, -0.25) is 0 Å². The summed E-state index contributed by atoms with van der Waals surface area (Å²) in [5, 5.41) is 28.2. The van der Waals surface area contributed by atoms with E-state index in [1.165, 1.54) is 51.4 Å². The Morgan fingerprint density at radius 2 is 0.960 bits per heavy atom. The number of aliphatic hydroxyl groups excluding tert-OH is 1. The highest BCUT2D eigenvalue weighted by Crippen LogP contribution is 2.20. The molecule has 146 valence electrons. The van der Waals surface area contributed by atoms with E-state index in [1.54, 1.807) is 0 Å². The molecule has 2 aliphatic carbocycles. The van der Waals surface area contributed by atoms with Crippen molar-refractivity contribution in [1.82, 2.24) is 26.6 Å². The van der Waals surface area contributed by atoms with E-state index in [9.17, 15) is 5.11 Å². The summed E-state index contributed by atoms with van der Waals surface area (Å²) in [6.45, 7) is 5.05. The molecule has 3 aliphatic rings. The van der Waals surface area contributed by atoms with Gasteiger partial charge < -0.3 is 31.7 Å². The molecule has 6 N–H and O–H groups in total. The fourth-order valence-electron chi connectivity index (χ4n) is 4.78. The maximum absolute atomic E-state index is 9.68. The van der Waals surface area contributed by atoms with Gasteiger partial charge in [0.25, 0.3) is 0 Å². The van der Waals surface area contributed by atoms with Crippen molar-refractivity contribution in [3.05, 3.63) is 0 Å². The van der Waals surface area contributed by atoms with Crippen molar-refractivity contribution in [2.24, 2.45) is 0 Å². The van der Waals surface area contributed by atoms with E-state index in [4.69, 9.17) is 0 Å². The van der Waals surface area contributed by atoms with Gasteiger partial charge in [-0.2, -0.15) is 0 Å². The first kappa shape index (κ1) is 19.5. The summed E-state index contributed by atoms with van der Waals surface area (Å²) in [5.74, 6) is 0. The first-order chi connectivity index (χ1) is 12.4. The van der Waals surface area contributed by atoms with Gasteiger partial charge in [-0.1, -0.05) is 25.7 Å². The van der Waals surface area contributed by atoms with Crippen LogP contribution in [0.1, 0.15) is 51.4 Å². The Balaban J connectivity index is 1.57. The zero-order valence-electron chi connectivity index (χ0n) is 15.7. The zero-order chi connectivity index (χ0) is 17.3. The fraction of sp³-hybridized carbons (Fsp3) is 1.00. The van der Waals surface area contributed by atoms with E-state index in [0.29, 0.717) is 24.2 Å². The summed E-state index contributed by atoms with van der Waals surface area (Å²) in [5.41, 5.74) is 0. The van der Waals surface area contributed by atoms with Crippen molar-refractivity contribution in [3.63, 3.8) is 0 Å². The molecule has 25 heavy (non-hydrogen) atoms. The van der Waals surface area contributed by atoms with Crippen LogP contribution in [0.2, 0.25) is 0 Å². The highest BCUT2D eigenvalue weighted by Gasteiger charge is 2.26. The van der Waals surface area contributed by atoms with E-state index >= 15 is 0 Å². The molecule has 1 heterocycles. The molecule has 0 spiro atoms. The van der Waals surface area contributed by atoms with Crippen molar-refractivity contribution in [2.45, 2.75) is 81.6 Å². The summed E-state index contributed by atoms with van der Waals surface area (Å²) >= 11 is 0. The van der Waals surface area contributed by atoms with Gasteiger partial charge in [0.2, 0.25) is 0 Å². The average molecular weight is 354 g/mol. The Morgan fingerprint density at radius 1 is 0.560 bits per heavy atom. The van der Waals surface area contributed by atoms with Crippen LogP contribution in [0.5, 0.6) is 0 Å². The third-order valence-electron chi connectivity index (χ3n) is 6.28. The van der Waals surface area contributed by atoms with E-state index < -0.39 is 0 Å². The van der Waals surface area contributed by atoms with Crippen molar-refractivity contribution in [3.8, 4) is 0 Å². The number of nitrogens with one attached hydrogen (secondary N) is 5. The van der Waals surface area contributed by atoms with Crippen LogP contribution in [-0.4, -0.2) is 74.6 Å². The van der Waals surface area contributed by atoms with Gasteiger partial charge in [0.15, 0.2) is 0 Å². The van der Waals surface area contributed by atoms with E-state index in [0.717, 1.165) is 32.7 Å². The SMILES string of the molecule is OC[C@@H]1CNC2CCCC[C@H]2NCCNC2CCCC[C@H]2NCCN1. The van der Waals surface area contributed by atoms with Crippen LogP contribution in [0.25, 0.3) is 0 Å². The predicted molar refractivity (Wildman–Crippen MR) is 103 cm³/mol. The Hall–Kier alpha value is -0.240. The Kier molecular flexibility index (Phi) is 8.43. The van der Waals surface area contributed by atoms with Crippen molar-refractivity contribution < 1.29 is 5.11 Å². The second kappa shape index (κ2) is 10.8. The summed E-state index contributed by atoms with van der Waals surface area (Å²) in [7, 11) is 0. The minimum Gasteiger partial charge on any atom is -0.395 e. The lowest BCUT2D eigenvalue weighted by molar-refractivity contribution is 0.221. The third kappa shape index (κ3) is 6.15. The van der Waals surface area contributed by atoms with Gasteiger partial charge in [0.1, 0.15) is 0 Å². The molecule has 0 aromatic carbocycles. The highest BCUT2D eigenvalue weighted by atomic mass is 16.3. The summed E-state index contributed by atoms with van der Waals surface area (Å²) in [6.07, 6.45) is 10.4. The van der Waals surface area contributed by atoms with E-state index in [2.05, 4.69) is 26.6 Å². The zero-order valence-corrected chi connectivity index (χ0v) is 15.7. The normalized spacial score (nSPS) is 39.5. The lowest BCUT2D eigenvalue weighted by Crippen LogP contribution is -2.54. The monoisotopic (exact) mass is 353 g/mol. The molecule has 3 fully saturated rings. The molecule has 3 rings (SSSR count). The number of aliphatic hydroxyl groups is 1. The minimum absolute atomic E-state index is 0.148. The molecular formula is C19H39N5O. The Labute approximate surface area is 153 Å². The van der Waals surface area contributed by atoms with Crippen LogP contribution in [-0.2, 0) is 0 Å². The fourth-order valence-corrected chi connectivity index (χ4v) is 4.78. The standard InChI is InChI=1S/C19H39N5O/c25-14-15-13-24-19-8-4-3-7-18(19)23-12-11-22-17-6-2-1-5-16(17)21-10-9-20-15/h15-25H,1-14H2/t15-,16+,17?,18+,19?/m0/s1. The van der Waals surface area contributed by atoms with Gasteiger partial charge in [0.05, 0.1) is 6.61 Å². The maximum Gasteiger partial charge on any atom is 0.0597 e. The van der Waals surface area contributed by atoms with Crippen LogP contribution < -0.4 is 26.6 Å². The summed E-state index contributed by atoms with van der Waals surface area (Å²) in [6, 6.07) is 2.45. The van der Waals surface area contributed by atoms with Gasteiger partial charge in [-0.15, -0.1) is 0 Å². The van der Waals surface area contributed by atoms with E-state index in [1.807, 2.05) is 0 Å². The molecule has 0 aromatic heterocycles. The Morgan fingerprint density at radius 3 is 1.40 bits per heavy atom. The molecule has 2 saturated carbocycles. The van der Waals surface area contributed by atoms with E-state index in [-0.39, 0.29) is 12.6 Å². The van der Waals surface area contributed by atoms with Gasteiger partial charge in [-0.25, -0.2) is 0 Å². The van der Waals surface area contributed by atoms with Gasteiger partial charge in [0, 0.05) is 62.9 Å². The predicted octanol–water partition coefficient (Wildman–Crippen LogP) is -0.0687. The van der Waals surface area contributed by atoms with Crippen LogP contribution >= 0.6 is 0 Å². The summed E-state index contributed by atoms with van der Waals surface area (Å²) < 4.78 is 0. The number of fused-ring (bicyclic) bond motifs is 2. The van der Waals surface area contributed by atoms with Crippen LogP contribution in [0.4, 0.5) is 0 Å². The lowest BCUT2D eigenvalue weighted by Gasteiger charge is -2.35. The first-order valence-electron chi connectivity index (χ1n) is 10.6. The second-order valence-electron chi connectivity index (χ2n) is 8.10. The van der Waals surface area contributed by atoms with Crippen LogP contribution in [0, 0.1) is 0 Å². The van der Waals surface area contributed by atoms with Crippen LogP contribution in [0.15, 0.2) is 0 Å². The Bertz CT molecular complexity index is 370. The smallest absolute Gasteiger partial charge is 0.0597 e. The molecule has 1 aliphatic heterocycles. The molecular weight excluding hydrogens is 314 g/mol. The molecule has 0 amide bonds. The van der Waals surface area contributed by atoms with Crippen molar-refractivity contribution in [1.29, 1.82) is 0 Å². The quantitative estimate of drug-likeness (QED) is 0.396. The average Bonchev–Trinajstić information content (AvgIpc) is 2.66. The highest BCUT2D eigenvalue weighted by molar-refractivity contribution is 4.90. The third-order valence-corrected chi connectivity index (χ3v) is 6.28. The lowest BCUT2D eigenvalue weighted by atomic mass is 9.89. The maximum atomic E-state index is 9.68. The molecule has 6 nitrogen and oxygen atoms in total. The van der Waals surface area contributed by atoms with Gasteiger partial charge >= 0.3 is 0 Å².